The molecule has 0 aliphatic carbocycles. The van der Waals surface area contributed by atoms with Gasteiger partial charge in [0, 0.05) is 17.0 Å². The summed E-state index contributed by atoms with van der Waals surface area (Å²) in [5, 5.41) is 3.75. The summed E-state index contributed by atoms with van der Waals surface area (Å²) in [6.07, 6.45) is 1.70. The van der Waals surface area contributed by atoms with Crippen LogP contribution in [-0.2, 0) is 5.54 Å². The van der Waals surface area contributed by atoms with E-state index in [4.69, 9.17) is 10.3 Å². The summed E-state index contributed by atoms with van der Waals surface area (Å²) in [6.45, 7) is 8.03. The highest BCUT2D eigenvalue weighted by molar-refractivity contribution is 5.23. The van der Waals surface area contributed by atoms with Gasteiger partial charge in [-0.25, -0.2) is 0 Å². The van der Waals surface area contributed by atoms with Crippen LogP contribution in [0.3, 0.4) is 0 Å². The van der Waals surface area contributed by atoms with Gasteiger partial charge in [0.1, 0.15) is 5.76 Å². The molecular formula is C9H16N2O. The minimum Gasteiger partial charge on any atom is -0.361 e. The molecule has 0 spiro atoms. The molecule has 0 aliphatic heterocycles. The molecule has 3 heteroatoms. The molecule has 0 saturated carbocycles. The SMILES string of the molecule is CC(C)c1oncc1C(C)(C)N. The fourth-order valence-electron chi connectivity index (χ4n) is 1.15. The van der Waals surface area contributed by atoms with Gasteiger partial charge in [-0.05, 0) is 13.8 Å². The van der Waals surface area contributed by atoms with Crippen LogP contribution in [-0.4, -0.2) is 5.16 Å². The van der Waals surface area contributed by atoms with Gasteiger partial charge in [0.2, 0.25) is 0 Å². The molecule has 12 heavy (non-hydrogen) atoms. The van der Waals surface area contributed by atoms with E-state index in [9.17, 15) is 0 Å². The van der Waals surface area contributed by atoms with E-state index in [1.807, 2.05) is 13.8 Å². The molecule has 0 saturated heterocycles. The minimum absolute atomic E-state index is 0.338. The molecule has 68 valence electrons. The lowest BCUT2D eigenvalue weighted by molar-refractivity contribution is 0.364. The molecule has 2 N–H and O–H groups in total. The number of hydrogen-bond acceptors (Lipinski definition) is 3. The van der Waals surface area contributed by atoms with Crippen molar-refractivity contribution < 1.29 is 4.52 Å². The van der Waals surface area contributed by atoms with Gasteiger partial charge in [-0.3, -0.25) is 0 Å². The van der Waals surface area contributed by atoms with E-state index >= 15 is 0 Å². The van der Waals surface area contributed by atoms with Crippen LogP contribution in [0.15, 0.2) is 10.7 Å². The lowest BCUT2D eigenvalue weighted by Crippen LogP contribution is -2.29. The molecule has 0 aromatic carbocycles. The molecule has 0 amide bonds. The zero-order valence-electron chi connectivity index (χ0n) is 8.09. The predicted octanol–water partition coefficient (Wildman–Crippen LogP) is 1.99. The number of aromatic nitrogens is 1. The van der Waals surface area contributed by atoms with E-state index in [0.29, 0.717) is 5.92 Å². The van der Waals surface area contributed by atoms with Crippen molar-refractivity contribution in [1.82, 2.24) is 5.16 Å². The number of rotatable bonds is 2. The molecule has 0 aliphatic rings. The van der Waals surface area contributed by atoms with Crippen molar-refractivity contribution in [3.63, 3.8) is 0 Å². The Bertz CT molecular complexity index is 258. The molecule has 0 fully saturated rings. The van der Waals surface area contributed by atoms with E-state index < -0.39 is 0 Å². The summed E-state index contributed by atoms with van der Waals surface area (Å²) >= 11 is 0. The fraction of sp³-hybridized carbons (Fsp3) is 0.667. The van der Waals surface area contributed by atoms with Crippen LogP contribution in [0, 0.1) is 0 Å². The highest BCUT2D eigenvalue weighted by Gasteiger charge is 2.23. The van der Waals surface area contributed by atoms with Crippen molar-refractivity contribution in [2.75, 3.05) is 0 Å². The zero-order chi connectivity index (χ0) is 9.35. The molecular weight excluding hydrogens is 152 g/mol. The second kappa shape index (κ2) is 2.90. The monoisotopic (exact) mass is 168 g/mol. The number of nitrogens with two attached hydrogens (primary N) is 1. The fourth-order valence-corrected chi connectivity index (χ4v) is 1.15. The van der Waals surface area contributed by atoms with Crippen LogP contribution in [0.25, 0.3) is 0 Å². The molecule has 3 nitrogen and oxygen atoms in total. The van der Waals surface area contributed by atoms with Crippen molar-refractivity contribution in [1.29, 1.82) is 0 Å². The van der Waals surface area contributed by atoms with Gasteiger partial charge in [-0.1, -0.05) is 19.0 Å². The van der Waals surface area contributed by atoms with E-state index in [1.165, 1.54) is 0 Å². The van der Waals surface area contributed by atoms with Crippen molar-refractivity contribution in [2.24, 2.45) is 5.73 Å². The third kappa shape index (κ3) is 1.67. The summed E-state index contributed by atoms with van der Waals surface area (Å²) < 4.78 is 5.12. The summed E-state index contributed by atoms with van der Waals surface area (Å²) in [5.74, 6) is 1.23. The van der Waals surface area contributed by atoms with Crippen LogP contribution in [0.5, 0.6) is 0 Å². The van der Waals surface area contributed by atoms with Crippen LogP contribution in [0.2, 0.25) is 0 Å². The smallest absolute Gasteiger partial charge is 0.144 e. The zero-order valence-corrected chi connectivity index (χ0v) is 8.09. The van der Waals surface area contributed by atoms with Gasteiger partial charge in [0.05, 0.1) is 6.20 Å². The molecule has 1 rings (SSSR count). The predicted molar refractivity (Wildman–Crippen MR) is 47.8 cm³/mol. The molecule has 0 unspecified atom stereocenters. The molecule has 0 radical (unpaired) electrons. The Morgan fingerprint density at radius 2 is 2.08 bits per heavy atom. The Kier molecular flexibility index (Phi) is 2.24. The first kappa shape index (κ1) is 9.26. The van der Waals surface area contributed by atoms with Crippen LogP contribution in [0.1, 0.15) is 44.9 Å². The molecule has 0 bridgehead atoms. The average molecular weight is 168 g/mol. The largest absolute Gasteiger partial charge is 0.361 e. The van der Waals surface area contributed by atoms with Gasteiger partial charge in [-0.15, -0.1) is 0 Å². The topological polar surface area (TPSA) is 52.0 Å². The second-order valence-corrected chi connectivity index (χ2v) is 3.98. The van der Waals surface area contributed by atoms with Crippen molar-refractivity contribution in [3.05, 3.63) is 17.5 Å². The molecule has 1 heterocycles. The normalized spacial score (nSPS) is 12.5. The Balaban J connectivity index is 3.08. The van der Waals surface area contributed by atoms with Crippen LogP contribution < -0.4 is 5.73 Å². The van der Waals surface area contributed by atoms with E-state index in [-0.39, 0.29) is 5.54 Å². The highest BCUT2D eigenvalue weighted by atomic mass is 16.5. The Morgan fingerprint density at radius 1 is 1.50 bits per heavy atom. The molecule has 0 atom stereocenters. The van der Waals surface area contributed by atoms with E-state index in [2.05, 4.69) is 19.0 Å². The maximum atomic E-state index is 5.94. The van der Waals surface area contributed by atoms with Crippen molar-refractivity contribution in [3.8, 4) is 0 Å². The first-order chi connectivity index (χ1) is 5.43. The Hall–Kier alpha value is -0.830. The maximum absolute atomic E-state index is 5.94. The number of nitrogens with zero attached hydrogens (tertiary/aromatic N) is 1. The van der Waals surface area contributed by atoms with Crippen LogP contribution in [0.4, 0.5) is 0 Å². The standard InChI is InChI=1S/C9H16N2O/c1-6(2)8-7(5-11-12-8)9(3,4)10/h5-6H,10H2,1-4H3. The lowest BCUT2D eigenvalue weighted by Gasteiger charge is -2.18. The summed E-state index contributed by atoms with van der Waals surface area (Å²) in [5.41, 5.74) is 6.58. The highest BCUT2D eigenvalue weighted by Crippen LogP contribution is 2.26. The number of hydrogen-bond donors (Lipinski definition) is 1. The van der Waals surface area contributed by atoms with Crippen molar-refractivity contribution in [2.45, 2.75) is 39.2 Å². The summed E-state index contributed by atoms with van der Waals surface area (Å²) in [4.78, 5) is 0. The Labute approximate surface area is 72.9 Å². The molecule has 1 aromatic heterocycles. The third-order valence-electron chi connectivity index (χ3n) is 1.82. The summed E-state index contributed by atoms with van der Waals surface area (Å²) in [7, 11) is 0. The summed E-state index contributed by atoms with van der Waals surface area (Å²) in [6, 6.07) is 0. The average Bonchev–Trinajstić information content (AvgIpc) is 2.30. The van der Waals surface area contributed by atoms with E-state index in [1.54, 1.807) is 6.20 Å². The minimum atomic E-state index is -0.362. The van der Waals surface area contributed by atoms with Gasteiger partial charge in [-0.2, -0.15) is 0 Å². The maximum Gasteiger partial charge on any atom is 0.144 e. The van der Waals surface area contributed by atoms with E-state index in [0.717, 1.165) is 11.3 Å². The quantitative estimate of drug-likeness (QED) is 0.734. The van der Waals surface area contributed by atoms with Gasteiger partial charge >= 0.3 is 0 Å². The Morgan fingerprint density at radius 3 is 2.42 bits per heavy atom. The van der Waals surface area contributed by atoms with Gasteiger partial charge in [0.15, 0.2) is 0 Å². The lowest BCUT2D eigenvalue weighted by atomic mass is 9.93. The van der Waals surface area contributed by atoms with Crippen LogP contribution >= 0.6 is 0 Å². The van der Waals surface area contributed by atoms with Gasteiger partial charge in [0.25, 0.3) is 0 Å². The third-order valence-corrected chi connectivity index (χ3v) is 1.82. The first-order valence-corrected chi connectivity index (χ1v) is 4.17. The molecule has 1 aromatic rings. The van der Waals surface area contributed by atoms with Gasteiger partial charge < -0.3 is 10.3 Å². The second-order valence-electron chi connectivity index (χ2n) is 3.98. The van der Waals surface area contributed by atoms with Crippen molar-refractivity contribution >= 4 is 0 Å². The first-order valence-electron chi connectivity index (χ1n) is 4.17.